The minimum Gasteiger partial charge on any atom is -0.271 e. The molecule has 2 heterocycles. The van der Waals surface area contributed by atoms with E-state index in [4.69, 9.17) is 0 Å². The third-order valence-corrected chi connectivity index (χ3v) is 19.0. The Morgan fingerprint density at radius 3 is 0.600 bits per heavy atom. The van der Waals surface area contributed by atoms with Crippen molar-refractivity contribution in [2.24, 2.45) is 0 Å². The van der Waals surface area contributed by atoms with Crippen LogP contribution in [0.1, 0.15) is 352 Å². The maximum Gasteiger partial charge on any atom is 0.261 e. The summed E-state index contributed by atoms with van der Waals surface area (Å²) in [5.74, 6) is -0.638. The van der Waals surface area contributed by atoms with E-state index in [1.807, 2.05) is 24.3 Å². The predicted molar refractivity (Wildman–Crippen MR) is 342 cm³/mol. The van der Waals surface area contributed by atoms with E-state index in [-0.39, 0.29) is 35.7 Å². The van der Waals surface area contributed by atoms with Gasteiger partial charge < -0.3 is 0 Å². The molecule has 0 aliphatic carbocycles. The first kappa shape index (κ1) is 63.3. The first-order valence-electron chi connectivity index (χ1n) is 34.3. The summed E-state index contributed by atoms with van der Waals surface area (Å²) in [5.41, 5.74) is 2.45. The van der Waals surface area contributed by atoms with Crippen molar-refractivity contribution in [2.75, 3.05) is 0 Å². The highest BCUT2D eigenvalue weighted by atomic mass is 16.2. The fourth-order valence-corrected chi connectivity index (χ4v) is 14.2. The lowest BCUT2D eigenvalue weighted by Gasteiger charge is -2.35. The molecule has 6 nitrogen and oxygen atoms in total. The second-order valence-corrected chi connectivity index (χ2v) is 25.3. The maximum absolute atomic E-state index is 15.0. The van der Waals surface area contributed by atoms with Crippen LogP contribution in [-0.2, 0) is 0 Å². The van der Waals surface area contributed by atoms with Crippen molar-refractivity contribution in [3.63, 3.8) is 0 Å². The van der Waals surface area contributed by atoms with Gasteiger partial charge in [0.05, 0.1) is 0 Å². The van der Waals surface area contributed by atoms with Gasteiger partial charge in [0, 0.05) is 45.1 Å². The molecule has 0 N–H and O–H groups in total. The van der Waals surface area contributed by atoms with Gasteiger partial charge in [-0.15, -0.1) is 0 Å². The third kappa shape index (κ3) is 16.9. The summed E-state index contributed by atoms with van der Waals surface area (Å²) in [5, 5.41) is 7.20. The van der Waals surface area contributed by atoms with Crippen molar-refractivity contribution in [1.82, 2.24) is 9.80 Å². The number of fused-ring (bicyclic) bond motifs is 2. The Kier molecular flexibility index (Phi) is 27.7. The summed E-state index contributed by atoms with van der Waals surface area (Å²) in [6.07, 6.45) is 53.8. The van der Waals surface area contributed by atoms with Crippen LogP contribution in [0.5, 0.6) is 0 Å². The lowest BCUT2D eigenvalue weighted by Crippen LogP contribution is -2.47. The van der Waals surface area contributed by atoms with Crippen LogP contribution in [0.25, 0.3) is 43.1 Å². The molecule has 440 valence electrons. The SMILES string of the molecule is CCCCCCCCCCCCC(CCCCCCCCCCCC)N1C(=O)c2ccc3c4ccc5c6c(ccc(c7ccc(c2c37)C1=O)c64)C(=O)N(C(CCCCCCCCCCCC)CCCCCCCCCCCC)C5=O. The molecule has 6 heteroatoms. The van der Waals surface area contributed by atoms with Crippen molar-refractivity contribution in [1.29, 1.82) is 0 Å². The molecule has 2 aliphatic heterocycles. The molecule has 0 bridgehead atoms. The van der Waals surface area contributed by atoms with Gasteiger partial charge in [-0.05, 0) is 82.3 Å². The molecule has 5 aromatic carbocycles. The number of hydrogen-bond acceptors (Lipinski definition) is 4. The fraction of sp³-hybridized carbons (Fsp3) is 0.676. The molecule has 0 spiro atoms. The zero-order valence-corrected chi connectivity index (χ0v) is 51.4. The minimum absolute atomic E-state index is 0.121. The average Bonchev–Trinajstić information content (AvgIpc) is 3.14. The molecular formula is C74H110N2O4. The fourth-order valence-electron chi connectivity index (χ4n) is 14.2. The minimum atomic E-state index is -0.159. The first-order chi connectivity index (χ1) is 39.4. The average molecular weight is 1090 g/mol. The number of amides is 4. The number of imide groups is 2. The summed E-state index contributed by atoms with van der Waals surface area (Å²) >= 11 is 0. The van der Waals surface area contributed by atoms with Crippen LogP contribution in [0, 0.1) is 0 Å². The van der Waals surface area contributed by atoms with Crippen LogP contribution in [-0.4, -0.2) is 45.5 Å². The number of hydrogen-bond donors (Lipinski definition) is 0. The van der Waals surface area contributed by atoms with Crippen LogP contribution in [0.15, 0.2) is 48.5 Å². The summed E-state index contributed by atoms with van der Waals surface area (Å²) < 4.78 is 0. The standard InChI is InChI=1S/C74H110N2O4/c1-5-9-13-17-21-25-29-33-37-41-45-57(46-42-38-34-30-26-22-18-14-10-6-2)75-71(77)63-53-49-59-61-51-55-65-70-66(56-52-62(68(61)70)60-50-54-64(72(75)78)69(63)67(59)60)74(80)76(73(65)79)58(47-43-39-35-31-27-23-19-15-11-7-3)48-44-40-36-32-28-24-20-16-12-8-4/h49-58H,5-48H2,1-4H3. The molecule has 0 radical (unpaired) electrons. The van der Waals surface area contributed by atoms with Crippen LogP contribution >= 0.6 is 0 Å². The smallest absolute Gasteiger partial charge is 0.261 e. The lowest BCUT2D eigenvalue weighted by atomic mass is 9.81. The van der Waals surface area contributed by atoms with E-state index in [2.05, 4.69) is 52.0 Å². The van der Waals surface area contributed by atoms with Gasteiger partial charge in [0.2, 0.25) is 0 Å². The molecule has 0 aromatic heterocycles. The molecule has 2 aliphatic rings. The van der Waals surface area contributed by atoms with Gasteiger partial charge in [0.1, 0.15) is 0 Å². The molecular weight excluding hydrogens is 981 g/mol. The highest BCUT2D eigenvalue weighted by molar-refractivity contribution is 6.41. The van der Waals surface area contributed by atoms with Gasteiger partial charge in [-0.2, -0.15) is 0 Å². The Balaban J connectivity index is 1.09. The summed E-state index contributed by atoms with van der Waals surface area (Å²) in [6.45, 7) is 9.10. The van der Waals surface area contributed by atoms with Gasteiger partial charge in [0.15, 0.2) is 0 Å². The Morgan fingerprint density at radius 2 is 0.412 bits per heavy atom. The Labute approximate surface area is 486 Å². The van der Waals surface area contributed by atoms with Crippen LogP contribution in [0.2, 0.25) is 0 Å². The van der Waals surface area contributed by atoms with E-state index >= 15 is 19.2 Å². The van der Waals surface area contributed by atoms with Crippen LogP contribution in [0.3, 0.4) is 0 Å². The zero-order chi connectivity index (χ0) is 56.3. The van der Waals surface area contributed by atoms with Crippen molar-refractivity contribution < 1.29 is 19.2 Å². The van der Waals surface area contributed by atoms with Gasteiger partial charge >= 0.3 is 0 Å². The van der Waals surface area contributed by atoms with Gasteiger partial charge in [-0.1, -0.05) is 309 Å². The summed E-state index contributed by atoms with van der Waals surface area (Å²) in [4.78, 5) is 63.5. The summed E-state index contributed by atoms with van der Waals surface area (Å²) in [6, 6.07) is 15.9. The third-order valence-electron chi connectivity index (χ3n) is 19.0. The maximum atomic E-state index is 15.0. The zero-order valence-electron chi connectivity index (χ0n) is 51.4. The monoisotopic (exact) mass is 1090 g/mol. The predicted octanol–water partition coefficient (Wildman–Crippen LogP) is 22.9. The van der Waals surface area contributed by atoms with Crippen molar-refractivity contribution in [2.45, 2.75) is 322 Å². The van der Waals surface area contributed by atoms with Gasteiger partial charge in [-0.3, -0.25) is 29.0 Å². The molecule has 7 rings (SSSR count). The molecule has 0 unspecified atom stereocenters. The number of benzene rings is 5. The van der Waals surface area contributed by atoms with E-state index in [1.54, 1.807) is 9.80 Å². The van der Waals surface area contributed by atoms with Gasteiger partial charge in [0.25, 0.3) is 23.6 Å². The Hall–Kier alpha value is -4.32. The van der Waals surface area contributed by atoms with Gasteiger partial charge in [-0.25, -0.2) is 0 Å². The molecule has 5 aromatic rings. The van der Waals surface area contributed by atoms with Crippen LogP contribution in [0.4, 0.5) is 0 Å². The van der Waals surface area contributed by atoms with E-state index in [1.165, 1.54) is 205 Å². The molecule has 0 saturated heterocycles. The highest BCUT2D eigenvalue weighted by Crippen LogP contribution is 2.47. The van der Waals surface area contributed by atoms with E-state index in [9.17, 15) is 0 Å². The van der Waals surface area contributed by atoms with Crippen molar-refractivity contribution >= 4 is 66.7 Å². The normalized spacial score (nSPS) is 13.7. The number of rotatable bonds is 46. The Bertz CT molecular complexity index is 2310. The quantitative estimate of drug-likeness (QED) is 0.0168. The first-order valence-corrected chi connectivity index (χ1v) is 34.3. The molecule has 0 fully saturated rings. The van der Waals surface area contributed by atoms with Crippen molar-refractivity contribution in [3.8, 4) is 0 Å². The molecule has 0 saturated carbocycles. The highest BCUT2D eigenvalue weighted by Gasteiger charge is 2.40. The second-order valence-electron chi connectivity index (χ2n) is 25.3. The largest absolute Gasteiger partial charge is 0.271 e. The number of carbonyl (C=O) groups excluding carboxylic acids is 4. The number of nitrogens with zero attached hydrogens (tertiary/aromatic N) is 2. The van der Waals surface area contributed by atoms with E-state index in [0.717, 1.165) is 120 Å². The second kappa shape index (κ2) is 35.0. The van der Waals surface area contributed by atoms with Crippen LogP contribution < -0.4 is 0 Å². The molecule has 4 amide bonds. The van der Waals surface area contributed by atoms with E-state index < -0.39 is 0 Å². The van der Waals surface area contributed by atoms with E-state index in [0.29, 0.717) is 22.3 Å². The molecule has 80 heavy (non-hydrogen) atoms. The molecule has 0 atom stereocenters. The number of unbranched alkanes of at least 4 members (excludes halogenated alkanes) is 36. The Morgan fingerprint density at radius 1 is 0.237 bits per heavy atom. The summed E-state index contributed by atoms with van der Waals surface area (Å²) in [7, 11) is 0. The van der Waals surface area contributed by atoms with Crippen molar-refractivity contribution in [3.05, 3.63) is 70.8 Å². The lowest BCUT2D eigenvalue weighted by molar-refractivity contribution is 0.0501. The topological polar surface area (TPSA) is 74.8 Å². The number of carbonyl (C=O) groups is 4.